The fraction of sp³-hybridized carbons (Fsp3) is 0.562. The van der Waals surface area contributed by atoms with Gasteiger partial charge in [-0.1, -0.05) is 6.07 Å². The molecule has 1 aliphatic rings. The van der Waals surface area contributed by atoms with Crippen LogP contribution in [0.25, 0.3) is 0 Å². The molecular weight excluding hydrogens is 330 g/mol. The highest BCUT2D eigenvalue weighted by Crippen LogP contribution is 2.27. The van der Waals surface area contributed by atoms with Crippen molar-refractivity contribution in [2.45, 2.75) is 45.6 Å². The molecule has 0 aliphatic carbocycles. The van der Waals surface area contributed by atoms with Crippen LogP contribution in [0.5, 0.6) is 0 Å². The number of hydrogen-bond donors (Lipinski definition) is 1. The summed E-state index contributed by atoms with van der Waals surface area (Å²) in [4.78, 5) is 14.6. The van der Waals surface area contributed by atoms with E-state index >= 15 is 0 Å². The molecule has 1 saturated heterocycles. The first-order valence-electron chi connectivity index (χ1n) is 8.24. The Hall–Kier alpha value is -1.74. The van der Waals surface area contributed by atoms with E-state index in [1.807, 2.05) is 6.92 Å². The molecule has 5 nitrogen and oxygen atoms in total. The Morgan fingerprint density at radius 3 is 2.72 bits per heavy atom. The Bertz CT molecular complexity index is 659. The van der Waals surface area contributed by atoms with Gasteiger partial charge in [-0.2, -0.15) is 13.2 Å². The summed E-state index contributed by atoms with van der Waals surface area (Å²) < 4.78 is 38.2. The van der Waals surface area contributed by atoms with Crippen LogP contribution in [-0.4, -0.2) is 54.6 Å². The monoisotopic (exact) mass is 353 g/mol. The summed E-state index contributed by atoms with van der Waals surface area (Å²) in [5.74, 6) is 0.503. The first kappa shape index (κ1) is 19.6. The van der Waals surface area contributed by atoms with Gasteiger partial charge in [-0.3, -0.25) is 10.3 Å². The van der Waals surface area contributed by atoms with E-state index in [-0.39, 0.29) is 11.9 Å². The molecule has 0 aromatic carbocycles. The van der Waals surface area contributed by atoms with E-state index in [2.05, 4.69) is 33.1 Å². The minimum Gasteiger partial charge on any atom is -0.347 e. The van der Waals surface area contributed by atoms with Crippen LogP contribution in [0.3, 0.4) is 0 Å². The van der Waals surface area contributed by atoms with Gasteiger partial charge in [-0.15, -0.1) is 0 Å². The zero-order valence-electron chi connectivity index (χ0n) is 14.9. The lowest BCUT2D eigenvalue weighted by molar-refractivity contribution is -0.141. The molecule has 1 aromatic rings. The fourth-order valence-electron chi connectivity index (χ4n) is 2.85. The van der Waals surface area contributed by atoms with Gasteiger partial charge in [0.1, 0.15) is 11.5 Å². The zero-order chi connectivity index (χ0) is 18.6. The maximum atomic E-state index is 12.7. The van der Waals surface area contributed by atoms with Crippen molar-refractivity contribution < 1.29 is 13.2 Å². The predicted octanol–water partition coefficient (Wildman–Crippen LogP) is 1.89. The van der Waals surface area contributed by atoms with Gasteiger partial charge in [0.2, 0.25) is 0 Å². The molecule has 0 bridgehead atoms. The average Bonchev–Trinajstić information content (AvgIpc) is 2.91. The van der Waals surface area contributed by atoms with Gasteiger partial charge in [0.15, 0.2) is 7.98 Å². The SMILES string of the molecule is BN1CCC(NC(C)/N=C(C)\N=C(/C)c2cccc(C(F)(F)F)n2)C1. The van der Waals surface area contributed by atoms with E-state index in [4.69, 9.17) is 0 Å². The van der Waals surface area contributed by atoms with E-state index in [1.54, 1.807) is 13.8 Å². The maximum Gasteiger partial charge on any atom is 0.433 e. The van der Waals surface area contributed by atoms with Crippen molar-refractivity contribution in [3.05, 3.63) is 29.6 Å². The van der Waals surface area contributed by atoms with Crippen molar-refractivity contribution in [3.63, 3.8) is 0 Å². The van der Waals surface area contributed by atoms with Crippen molar-refractivity contribution in [2.24, 2.45) is 9.98 Å². The van der Waals surface area contributed by atoms with Crippen molar-refractivity contribution >= 4 is 19.5 Å². The molecule has 2 rings (SSSR count). The van der Waals surface area contributed by atoms with Crippen molar-refractivity contribution in [3.8, 4) is 0 Å². The van der Waals surface area contributed by atoms with E-state index < -0.39 is 11.9 Å². The van der Waals surface area contributed by atoms with Gasteiger partial charge in [-0.05, 0) is 45.9 Å². The molecule has 1 N–H and O–H groups in total. The summed E-state index contributed by atoms with van der Waals surface area (Å²) in [5.41, 5.74) is -0.322. The summed E-state index contributed by atoms with van der Waals surface area (Å²) in [6.45, 7) is 7.34. The van der Waals surface area contributed by atoms with E-state index in [0.29, 0.717) is 17.6 Å². The van der Waals surface area contributed by atoms with Gasteiger partial charge in [0, 0.05) is 12.6 Å². The van der Waals surface area contributed by atoms with Crippen molar-refractivity contribution in [1.29, 1.82) is 0 Å². The number of alkyl halides is 3. The Balaban J connectivity index is 2.05. The van der Waals surface area contributed by atoms with Crippen molar-refractivity contribution in [2.75, 3.05) is 13.1 Å². The molecule has 9 heteroatoms. The molecule has 2 heterocycles. The minimum atomic E-state index is -4.47. The summed E-state index contributed by atoms with van der Waals surface area (Å²) in [6, 6.07) is 4.18. The van der Waals surface area contributed by atoms with Crippen LogP contribution in [0.4, 0.5) is 13.2 Å². The lowest BCUT2D eigenvalue weighted by Gasteiger charge is -2.16. The van der Waals surface area contributed by atoms with Crippen LogP contribution in [0.15, 0.2) is 28.2 Å². The molecule has 2 atom stereocenters. The fourth-order valence-corrected chi connectivity index (χ4v) is 2.85. The molecule has 25 heavy (non-hydrogen) atoms. The molecule has 0 saturated carbocycles. The van der Waals surface area contributed by atoms with Gasteiger partial charge in [0.05, 0.1) is 17.6 Å². The average molecular weight is 353 g/mol. The number of amidine groups is 1. The number of nitrogens with one attached hydrogen (secondary N) is 1. The Morgan fingerprint density at radius 1 is 1.40 bits per heavy atom. The molecular formula is C16H23BF3N5. The number of nitrogens with zero attached hydrogens (tertiary/aromatic N) is 4. The summed E-state index contributed by atoms with van der Waals surface area (Å²) in [6.07, 6.45) is -3.50. The van der Waals surface area contributed by atoms with Crippen molar-refractivity contribution in [1.82, 2.24) is 15.1 Å². The van der Waals surface area contributed by atoms with Crippen LogP contribution >= 0.6 is 0 Å². The lowest BCUT2D eigenvalue weighted by Crippen LogP contribution is -2.37. The number of hydrogen-bond acceptors (Lipinski definition) is 4. The Kier molecular flexibility index (Phi) is 6.34. The molecule has 2 unspecified atom stereocenters. The second-order valence-electron chi connectivity index (χ2n) is 6.37. The lowest BCUT2D eigenvalue weighted by atomic mass is 10.2. The molecule has 1 aliphatic heterocycles. The third-order valence-corrected chi connectivity index (χ3v) is 3.99. The summed E-state index contributed by atoms with van der Waals surface area (Å²) in [7, 11) is 2.08. The van der Waals surface area contributed by atoms with E-state index in [1.165, 1.54) is 12.1 Å². The number of rotatable bonds is 4. The smallest absolute Gasteiger partial charge is 0.347 e. The van der Waals surface area contributed by atoms with Crippen LogP contribution in [-0.2, 0) is 6.18 Å². The number of halogens is 3. The third kappa shape index (κ3) is 5.93. The van der Waals surface area contributed by atoms with Crippen LogP contribution < -0.4 is 5.32 Å². The predicted molar refractivity (Wildman–Crippen MR) is 95.7 cm³/mol. The molecule has 1 aromatic heterocycles. The van der Waals surface area contributed by atoms with Gasteiger partial charge < -0.3 is 4.81 Å². The van der Waals surface area contributed by atoms with Crippen LogP contribution in [0, 0.1) is 0 Å². The second kappa shape index (κ2) is 8.10. The quantitative estimate of drug-likeness (QED) is 0.511. The summed E-state index contributed by atoms with van der Waals surface area (Å²) in [5, 5.41) is 3.42. The number of aromatic nitrogens is 1. The van der Waals surface area contributed by atoms with Gasteiger partial charge in [0.25, 0.3) is 0 Å². The minimum absolute atomic E-state index is 0.109. The Morgan fingerprint density at radius 2 is 2.12 bits per heavy atom. The summed E-state index contributed by atoms with van der Waals surface area (Å²) >= 11 is 0. The molecule has 1 fully saturated rings. The highest BCUT2D eigenvalue weighted by atomic mass is 19.4. The first-order chi connectivity index (χ1) is 11.6. The van der Waals surface area contributed by atoms with Crippen LogP contribution in [0.2, 0.25) is 0 Å². The number of pyridine rings is 1. The largest absolute Gasteiger partial charge is 0.433 e. The molecule has 0 radical (unpaired) electrons. The second-order valence-corrected chi connectivity index (χ2v) is 6.37. The number of aliphatic imine (C=N–C) groups is 2. The third-order valence-electron chi connectivity index (χ3n) is 3.99. The topological polar surface area (TPSA) is 52.9 Å². The van der Waals surface area contributed by atoms with E-state index in [9.17, 15) is 13.2 Å². The maximum absolute atomic E-state index is 12.7. The van der Waals surface area contributed by atoms with Crippen LogP contribution in [0.1, 0.15) is 38.6 Å². The highest BCUT2D eigenvalue weighted by molar-refractivity contribution is 6.05. The van der Waals surface area contributed by atoms with E-state index in [0.717, 1.165) is 25.6 Å². The molecule has 136 valence electrons. The highest BCUT2D eigenvalue weighted by Gasteiger charge is 2.32. The molecule has 0 spiro atoms. The van der Waals surface area contributed by atoms with Gasteiger partial charge in [-0.25, -0.2) is 9.98 Å². The zero-order valence-corrected chi connectivity index (χ0v) is 14.9. The van der Waals surface area contributed by atoms with Gasteiger partial charge >= 0.3 is 6.18 Å². The molecule has 0 amide bonds. The standard InChI is InChI=1S/C16H23BF3N5/c1-10(14-5-4-6-15(24-14)16(18,19)20)21-11(2)22-12(3)23-13-7-8-25(17)9-13/h4-6,12-13,23H,7-9,17H2,1-3H3/b21-10+,22-11-. The Labute approximate surface area is 146 Å². The normalized spacial score (nSPS) is 21.6. The first-order valence-corrected chi connectivity index (χ1v) is 8.24.